The van der Waals surface area contributed by atoms with Crippen LogP contribution in [-0.4, -0.2) is 56.2 Å². The molecule has 1 heterocycles. The number of phenolic OH excluding ortho intramolecular Hbond substituents is 1. The highest BCUT2D eigenvalue weighted by Gasteiger charge is 2.27. The average Bonchev–Trinajstić information content (AvgIpc) is 2.58. The van der Waals surface area contributed by atoms with Crippen LogP contribution in [0.25, 0.3) is 0 Å². The molecular formula is C17H26N4O3. The van der Waals surface area contributed by atoms with Crippen LogP contribution < -0.4 is 21.3 Å². The van der Waals surface area contributed by atoms with Gasteiger partial charge in [-0.25, -0.2) is 0 Å². The van der Waals surface area contributed by atoms with E-state index in [1.54, 1.807) is 24.3 Å². The van der Waals surface area contributed by atoms with Crippen LogP contribution in [0.2, 0.25) is 0 Å². The Balaban J connectivity index is 2.05. The fraction of sp³-hybridized carbons (Fsp3) is 0.529. The van der Waals surface area contributed by atoms with Crippen molar-refractivity contribution in [2.24, 2.45) is 5.92 Å². The number of rotatable bonds is 2. The maximum Gasteiger partial charge on any atom is 0.232 e. The molecule has 0 bridgehead atoms. The Hall–Kier alpha value is -2.12. The van der Waals surface area contributed by atoms with Gasteiger partial charge in [0.25, 0.3) is 0 Å². The third kappa shape index (κ3) is 5.82. The number of aromatic hydroxyl groups is 1. The van der Waals surface area contributed by atoms with Crippen LogP contribution in [0.4, 0.5) is 0 Å². The number of carbonyl (C=O) groups excluding carboxylic acids is 2. The van der Waals surface area contributed by atoms with Gasteiger partial charge in [-0.1, -0.05) is 18.2 Å². The van der Waals surface area contributed by atoms with Gasteiger partial charge in [0.1, 0.15) is 11.7 Å². The molecule has 132 valence electrons. The van der Waals surface area contributed by atoms with Gasteiger partial charge in [0, 0.05) is 26.2 Å². The van der Waals surface area contributed by atoms with Crippen molar-refractivity contribution in [3.8, 4) is 5.75 Å². The van der Waals surface area contributed by atoms with E-state index in [4.69, 9.17) is 0 Å². The van der Waals surface area contributed by atoms with Crippen LogP contribution in [0.3, 0.4) is 0 Å². The smallest absolute Gasteiger partial charge is 0.232 e. The minimum Gasteiger partial charge on any atom is -0.508 e. The van der Waals surface area contributed by atoms with E-state index in [-0.39, 0.29) is 24.0 Å². The number of benzene rings is 1. The molecule has 1 aromatic rings. The van der Waals surface area contributed by atoms with Crippen molar-refractivity contribution in [2.45, 2.75) is 12.8 Å². The Morgan fingerprint density at radius 1 is 0.875 bits per heavy atom. The molecule has 0 saturated carbocycles. The van der Waals surface area contributed by atoms with Crippen LogP contribution in [-0.2, 0) is 16.0 Å². The molecule has 0 atom stereocenters. The SMILES string of the molecule is O=C1NCCNCCCNCCNC(=O)C1Cc1ccccc1O. The van der Waals surface area contributed by atoms with Gasteiger partial charge in [0.15, 0.2) is 0 Å². The average molecular weight is 334 g/mol. The molecule has 0 unspecified atom stereocenters. The summed E-state index contributed by atoms with van der Waals surface area (Å²) in [5, 5.41) is 22.0. The zero-order chi connectivity index (χ0) is 17.2. The number of para-hydroxylation sites is 1. The van der Waals surface area contributed by atoms with Gasteiger partial charge in [-0.05, 0) is 37.6 Å². The zero-order valence-electron chi connectivity index (χ0n) is 13.8. The molecule has 1 aliphatic rings. The third-order valence-electron chi connectivity index (χ3n) is 3.96. The van der Waals surface area contributed by atoms with Crippen molar-refractivity contribution in [2.75, 3.05) is 39.3 Å². The molecule has 1 fully saturated rings. The summed E-state index contributed by atoms with van der Waals surface area (Å²) in [4.78, 5) is 24.8. The Kier molecular flexibility index (Phi) is 7.51. The number of hydrogen-bond acceptors (Lipinski definition) is 5. The summed E-state index contributed by atoms with van der Waals surface area (Å²) in [7, 11) is 0. The summed E-state index contributed by atoms with van der Waals surface area (Å²) >= 11 is 0. The number of carbonyl (C=O) groups is 2. The normalized spacial score (nSPS) is 19.2. The van der Waals surface area contributed by atoms with Crippen molar-refractivity contribution in [3.05, 3.63) is 29.8 Å². The largest absolute Gasteiger partial charge is 0.508 e. The van der Waals surface area contributed by atoms with Gasteiger partial charge in [0.05, 0.1) is 0 Å². The predicted molar refractivity (Wildman–Crippen MR) is 91.7 cm³/mol. The first kappa shape index (κ1) is 18.2. The van der Waals surface area contributed by atoms with Gasteiger partial charge in [-0.2, -0.15) is 0 Å². The van der Waals surface area contributed by atoms with Gasteiger partial charge < -0.3 is 26.4 Å². The van der Waals surface area contributed by atoms with E-state index < -0.39 is 5.92 Å². The Labute approximate surface area is 142 Å². The number of amides is 2. The second-order valence-corrected chi connectivity index (χ2v) is 5.82. The molecule has 0 spiro atoms. The van der Waals surface area contributed by atoms with Crippen LogP contribution in [0.5, 0.6) is 5.75 Å². The molecule has 7 nitrogen and oxygen atoms in total. The summed E-state index contributed by atoms with van der Waals surface area (Å²) in [6.45, 7) is 4.04. The number of hydrogen-bond donors (Lipinski definition) is 5. The molecule has 7 heteroatoms. The molecule has 2 amide bonds. The Bertz CT molecular complexity index is 526. The minimum absolute atomic E-state index is 0.0980. The highest BCUT2D eigenvalue weighted by atomic mass is 16.3. The predicted octanol–water partition coefficient (Wildman–Crippen LogP) is -0.634. The van der Waals surface area contributed by atoms with E-state index >= 15 is 0 Å². The molecule has 24 heavy (non-hydrogen) atoms. The second-order valence-electron chi connectivity index (χ2n) is 5.82. The molecular weight excluding hydrogens is 308 g/mol. The van der Waals surface area contributed by atoms with Crippen molar-refractivity contribution in [3.63, 3.8) is 0 Å². The molecule has 1 aliphatic heterocycles. The van der Waals surface area contributed by atoms with Gasteiger partial charge >= 0.3 is 0 Å². The molecule has 1 saturated heterocycles. The van der Waals surface area contributed by atoms with Crippen molar-refractivity contribution in [1.29, 1.82) is 0 Å². The lowest BCUT2D eigenvalue weighted by Crippen LogP contribution is -2.46. The first-order valence-electron chi connectivity index (χ1n) is 8.42. The highest BCUT2D eigenvalue weighted by Crippen LogP contribution is 2.20. The fourth-order valence-electron chi connectivity index (χ4n) is 2.59. The monoisotopic (exact) mass is 334 g/mol. The molecule has 5 N–H and O–H groups in total. The topological polar surface area (TPSA) is 102 Å². The maximum absolute atomic E-state index is 12.4. The number of phenols is 1. The summed E-state index contributed by atoms with van der Waals surface area (Å²) in [6.07, 6.45) is 1.17. The molecule has 2 rings (SSSR count). The Morgan fingerprint density at radius 3 is 2.04 bits per heavy atom. The van der Waals surface area contributed by atoms with Crippen molar-refractivity contribution >= 4 is 11.8 Å². The fourth-order valence-corrected chi connectivity index (χ4v) is 2.59. The summed E-state index contributed by atoms with van der Waals surface area (Å²) in [5.41, 5.74) is 0.588. The summed E-state index contributed by atoms with van der Waals surface area (Å²) in [5.74, 6) is -1.40. The van der Waals surface area contributed by atoms with E-state index in [0.29, 0.717) is 31.7 Å². The van der Waals surface area contributed by atoms with E-state index in [0.717, 1.165) is 19.5 Å². The third-order valence-corrected chi connectivity index (χ3v) is 3.96. The lowest BCUT2D eigenvalue weighted by atomic mass is 9.96. The quantitative estimate of drug-likeness (QED) is 0.463. The van der Waals surface area contributed by atoms with Crippen LogP contribution >= 0.6 is 0 Å². The summed E-state index contributed by atoms with van der Waals surface area (Å²) < 4.78 is 0. The van der Waals surface area contributed by atoms with Crippen LogP contribution in [0, 0.1) is 5.92 Å². The zero-order valence-corrected chi connectivity index (χ0v) is 13.8. The van der Waals surface area contributed by atoms with E-state index in [2.05, 4.69) is 21.3 Å². The molecule has 0 aromatic heterocycles. The van der Waals surface area contributed by atoms with E-state index in [1.807, 2.05) is 0 Å². The molecule has 0 radical (unpaired) electrons. The second kappa shape index (κ2) is 9.89. The van der Waals surface area contributed by atoms with E-state index in [1.165, 1.54) is 0 Å². The van der Waals surface area contributed by atoms with Crippen LogP contribution in [0.1, 0.15) is 12.0 Å². The van der Waals surface area contributed by atoms with Gasteiger partial charge in [-0.15, -0.1) is 0 Å². The summed E-state index contributed by atoms with van der Waals surface area (Å²) in [6, 6.07) is 6.78. The van der Waals surface area contributed by atoms with Crippen molar-refractivity contribution in [1.82, 2.24) is 21.3 Å². The van der Waals surface area contributed by atoms with Gasteiger partial charge in [0.2, 0.25) is 11.8 Å². The molecule has 0 aliphatic carbocycles. The van der Waals surface area contributed by atoms with Crippen molar-refractivity contribution < 1.29 is 14.7 Å². The number of nitrogens with one attached hydrogen (secondary N) is 4. The van der Waals surface area contributed by atoms with Gasteiger partial charge in [-0.3, -0.25) is 9.59 Å². The van der Waals surface area contributed by atoms with Crippen LogP contribution in [0.15, 0.2) is 24.3 Å². The minimum atomic E-state index is -0.860. The first-order valence-corrected chi connectivity index (χ1v) is 8.42. The highest BCUT2D eigenvalue weighted by molar-refractivity contribution is 6.00. The standard InChI is InChI=1S/C17H26N4O3/c22-15-5-2-1-4-13(15)12-14-16(23)20-10-8-18-6-3-7-19-9-11-21-17(14)24/h1-2,4-5,14,18-19,22H,3,6-12H2,(H,20,23)(H,21,24). The lowest BCUT2D eigenvalue weighted by molar-refractivity contribution is -0.135. The maximum atomic E-state index is 12.4. The molecule has 1 aromatic carbocycles. The first-order chi connectivity index (χ1) is 11.7. The lowest BCUT2D eigenvalue weighted by Gasteiger charge is -2.18. The van der Waals surface area contributed by atoms with E-state index in [9.17, 15) is 14.7 Å². The Morgan fingerprint density at radius 2 is 1.46 bits per heavy atom.